The molecule has 0 aliphatic heterocycles. The molecule has 0 fully saturated rings. The van der Waals surface area contributed by atoms with E-state index in [-0.39, 0.29) is 63.5 Å². The van der Waals surface area contributed by atoms with E-state index < -0.39 is 26.7 Å². The summed E-state index contributed by atoms with van der Waals surface area (Å²) in [6, 6.07) is 15.6. The number of fused-ring (bicyclic) bond motifs is 1. The number of hydrogen-bond acceptors (Lipinski definition) is 7. The van der Waals surface area contributed by atoms with Crippen molar-refractivity contribution in [2.45, 2.75) is 18.2 Å². The molecule has 0 spiro atoms. The minimum Gasteiger partial charge on any atom is -0.870 e. The first-order chi connectivity index (χ1) is 18.0. The summed E-state index contributed by atoms with van der Waals surface area (Å²) in [6.45, 7) is 1.66. The van der Waals surface area contributed by atoms with Crippen molar-refractivity contribution in [3.05, 3.63) is 81.8 Å². The van der Waals surface area contributed by atoms with Gasteiger partial charge in [0.15, 0.2) is 0 Å². The second-order valence-corrected chi connectivity index (χ2v) is 10.2. The molecular formula is C26H20Cl2N3NaO6S. The standard InChI is InChI=1S/C26H21Cl2N3O6S.Na/c1-3-16-20(11-9-19(28)25(16)38(34,35)36)30-31-23-17-7-5-4-6-14(17)12-18(24(23)32)26(33)29-21-10-8-15(27)13-22(21)37-2;/h4-13,32H,3H2,1-2H3,(H,29,33)(H,34,35,36);/q;+1/p-1. The maximum Gasteiger partial charge on any atom is 1.00 e. The molecular weight excluding hydrogens is 576 g/mol. The number of carbonyl (C=O) groups is 1. The Morgan fingerprint density at radius 2 is 1.79 bits per heavy atom. The second kappa shape index (κ2) is 12.6. The number of azo groups is 1. The van der Waals surface area contributed by atoms with E-state index in [2.05, 4.69) is 15.5 Å². The molecule has 0 heterocycles. The van der Waals surface area contributed by atoms with E-state index in [1.165, 1.54) is 31.4 Å². The summed E-state index contributed by atoms with van der Waals surface area (Å²) >= 11 is 12.0. The molecule has 4 rings (SSSR count). The summed E-state index contributed by atoms with van der Waals surface area (Å²) in [4.78, 5) is 12.7. The maximum absolute atomic E-state index is 13.5. The van der Waals surface area contributed by atoms with Crippen molar-refractivity contribution in [1.82, 2.24) is 0 Å². The minimum atomic E-state index is -4.65. The predicted octanol–water partition coefficient (Wildman–Crippen LogP) is 3.71. The Morgan fingerprint density at radius 3 is 2.46 bits per heavy atom. The fourth-order valence-corrected chi connectivity index (χ4v) is 5.45. The molecule has 0 saturated heterocycles. The van der Waals surface area contributed by atoms with Crippen LogP contribution in [0.5, 0.6) is 11.5 Å². The molecule has 0 atom stereocenters. The molecule has 39 heavy (non-hydrogen) atoms. The molecule has 4 aromatic carbocycles. The van der Waals surface area contributed by atoms with Crippen LogP contribution in [0, 0.1) is 0 Å². The number of benzene rings is 4. The van der Waals surface area contributed by atoms with Gasteiger partial charge in [0, 0.05) is 27.6 Å². The van der Waals surface area contributed by atoms with Gasteiger partial charge in [-0.05, 0) is 42.1 Å². The first-order valence-electron chi connectivity index (χ1n) is 11.1. The SMILES string of the molecule is CCc1c(N=Nc2c([O-])c(C(=O)Nc3ccc(Cl)cc3OC)cc3ccccc23)ccc(Cl)c1S(=O)(=O)O.[Na+]. The predicted molar refractivity (Wildman–Crippen MR) is 144 cm³/mol. The first kappa shape index (κ1) is 30.8. The van der Waals surface area contributed by atoms with E-state index in [1.807, 2.05) is 0 Å². The molecule has 0 saturated carbocycles. The average molecular weight is 596 g/mol. The molecule has 13 heteroatoms. The summed E-state index contributed by atoms with van der Waals surface area (Å²) < 4.78 is 38.7. The van der Waals surface area contributed by atoms with E-state index in [0.29, 0.717) is 27.2 Å². The van der Waals surface area contributed by atoms with Crippen LogP contribution in [0.1, 0.15) is 22.8 Å². The number of nitrogens with one attached hydrogen (secondary N) is 1. The number of rotatable bonds is 7. The molecule has 2 N–H and O–H groups in total. The second-order valence-electron chi connectivity index (χ2n) is 8.02. The third-order valence-corrected chi connectivity index (χ3v) is 7.33. The van der Waals surface area contributed by atoms with Crippen molar-refractivity contribution in [3.8, 4) is 11.5 Å². The maximum atomic E-state index is 13.5. The molecule has 0 aliphatic carbocycles. The van der Waals surface area contributed by atoms with E-state index in [9.17, 15) is 22.9 Å². The third kappa shape index (κ3) is 6.55. The number of anilines is 1. The number of carbonyl (C=O) groups excluding carboxylic acids is 1. The van der Waals surface area contributed by atoms with Crippen molar-refractivity contribution in [2.75, 3.05) is 12.4 Å². The van der Waals surface area contributed by atoms with Crippen LogP contribution in [0.4, 0.5) is 17.1 Å². The quantitative estimate of drug-likeness (QED) is 0.189. The van der Waals surface area contributed by atoms with Gasteiger partial charge in [-0.3, -0.25) is 9.35 Å². The van der Waals surface area contributed by atoms with Crippen molar-refractivity contribution >= 4 is 67.1 Å². The van der Waals surface area contributed by atoms with Gasteiger partial charge in [-0.1, -0.05) is 60.1 Å². The van der Waals surface area contributed by atoms with Gasteiger partial charge in [-0.25, -0.2) is 0 Å². The Labute approximate surface area is 256 Å². The van der Waals surface area contributed by atoms with E-state index >= 15 is 0 Å². The van der Waals surface area contributed by atoms with Crippen molar-refractivity contribution in [3.63, 3.8) is 0 Å². The van der Waals surface area contributed by atoms with E-state index in [0.717, 1.165) is 0 Å². The molecule has 9 nitrogen and oxygen atoms in total. The first-order valence-corrected chi connectivity index (χ1v) is 13.3. The van der Waals surface area contributed by atoms with Gasteiger partial charge in [-0.2, -0.15) is 18.6 Å². The number of methoxy groups -OCH3 is 1. The van der Waals surface area contributed by atoms with Gasteiger partial charge >= 0.3 is 29.6 Å². The average Bonchev–Trinajstić information content (AvgIpc) is 2.88. The van der Waals surface area contributed by atoms with Gasteiger partial charge in [-0.15, -0.1) is 0 Å². The Bertz CT molecular complexity index is 1710. The van der Waals surface area contributed by atoms with Crippen molar-refractivity contribution in [2.24, 2.45) is 10.2 Å². The Morgan fingerprint density at radius 1 is 1.08 bits per heavy atom. The van der Waals surface area contributed by atoms with Crippen molar-refractivity contribution in [1.29, 1.82) is 0 Å². The number of amides is 1. The van der Waals surface area contributed by atoms with Gasteiger partial charge in [0.2, 0.25) is 0 Å². The summed E-state index contributed by atoms with van der Waals surface area (Å²) in [5, 5.41) is 25.6. The van der Waals surface area contributed by atoms with Crippen LogP contribution in [-0.2, 0) is 16.5 Å². The monoisotopic (exact) mass is 595 g/mol. The molecule has 196 valence electrons. The molecule has 4 aromatic rings. The number of nitrogens with zero attached hydrogens (tertiary/aromatic N) is 2. The van der Waals surface area contributed by atoms with E-state index in [4.69, 9.17) is 27.9 Å². The zero-order chi connectivity index (χ0) is 27.6. The van der Waals surface area contributed by atoms with Crippen LogP contribution in [-0.4, -0.2) is 26.0 Å². The van der Waals surface area contributed by atoms with Gasteiger partial charge in [0.25, 0.3) is 16.0 Å². The van der Waals surface area contributed by atoms with E-state index in [1.54, 1.807) is 43.3 Å². The van der Waals surface area contributed by atoms with Crippen molar-refractivity contribution < 1.29 is 57.2 Å². The molecule has 0 radical (unpaired) electrons. The van der Waals surface area contributed by atoms with Crippen LogP contribution >= 0.6 is 23.2 Å². The zero-order valence-corrected chi connectivity index (χ0v) is 25.4. The normalized spacial score (nSPS) is 11.4. The molecule has 0 unspecified atom stereocenters. The fraction of sp³-hybridized carbons (Fsp3) is 0.115. The van der Waals surface area contributed by atoms with Gasteiger partial charge in [0.05, 0.1) is 29.2 Å². The molecule has 0 aromatic heterocycles. The smallest absolute Gasteiger partial charge is 0.870 e. The van der Waals surface area contributed by atoms with Crippen LogP contribution in [0.25, 0.3) is 10.8 Å². The molecule has 1 amide bonds. The Kier molecular flexibility index (Phi) is 10.0. The third-order valence-electron chi connectivity index (χ3n) is 5.69. The van der Waals surface area contributed by atoms with Gasteiger partial charge in [0.1, 0.15) is 10.6 Å². The largest absolute Gasteiger partial charge is 1.00 e. The van der Waals surface area contributed by atoms with Crippen LogP contribution in [0.3, 0.4) is 0 Å². The Balaban J connectivity index is 0.00000420. The van der Waals surface area contributed by atoms with Crippen LogP contribution < -0.4 is 44.7 Å². The topological polar surface area (TPSA) is 140 Å². The van der Waals surface area contributed by atoms with Crippen LogP contribution in [0.2, 0.25) is 10.0 Å². The Hall–Kier alpha value is -2.70. The summed E-state index contributed by atoms with van der Waals surface area (Å²) in [7, 11) is -3.23. The van der Waals surface area contributed by atoms with Gasteiger partial charge < -0.3 is 15.2 Å². The minimum absolute atomic E-state index is 0. The molecule has 0 bridgehead atoms. The number of hydrogen-bond donors (Lipinski definition) is 2. The number of halogens is 2. The van der Waals surface area contributed by atoms with Crippen LogP contribution in [0.15, 0.2) is 75.8 Å². The number of ether oxygens (including phenoxy) is 1. The summed E-state index contributed by atoms with van der Waals surface area (Å²) in [6.07, 6.45) is 0.153. The fourth-order valence-electron chi connectivity index (χ4n) is 3.94. The summed E-state index contributed by atoms with van der Waals surface area (Å²) in [5.74, 6) is -1.09. The summed E-state index contributed by atoms with van der Waals surface area (Å²) in [5.41, 5.74) is 0.212. The zero-order valence-electron chi connectivity index (χ0n) is 21.0. The molecule has 0 aliphatic rings.